The number of para-hydroxylation sites is 1. The Kier molecular flexibility index (Phi) is 19.2. The Morgan fingerprint density at radius 2 is 1.16 bits per heavy atom. The molecule has 0 aliphatic heterocycles. The molecule has 4 heteroatoms. The summed E-state index contributed by atoms with van der Waals surface area (Å²) in [5.74, 6) is 0.575. The van der Waals surface area contributed by atoms with E-state index in [2.05, 4.69) is 6.92 Å². The molecule has 0 heterocycles. The quantitative estimate of drug-likeness (QED) is 0.0798. The van der Waals surface area contributed by atoms with Crippen LogP contribution in [0.1, 0.15) is 116 Å². The minimum absolute atomic E-state index is 0.0985. The fourth-order valence-corrected chi connectivity index (χ4v) is 3.60. The van der Waals surface area contributed by atoms with Crippen LogP contribution < -0.4 is 4.89 Å². The number of carbonyl (C=O) groups excluding carboxylic acids is 1. The van der Waals surface area contributed by atoms with Crippen molar-refractivity contribution in [2.45, 2.75) is 116 Å². The van der Waals surface area contributed by atoms with Crippen LogP contribution in [0, 0.1) is 0 Å². The highest BCUT2D eigenvalue weighted by molar-refractivity contribution is 5.69. The molecule has 0 N–H and O–H groups in total. The van der Waals surface area contributed by atoms with Crippen LogP contribution in [0.25, 0.3) is 0 Å². The van der Waals surface area contributed by atoms with Gasteiger partial charge in [-0.1, -0.05) is 115 Å². The first-order chi connectivity index (χ1) is 15.3. The number of benzene rings is 1. The molecule has 0 aliphatic rings. The smallest absolute Gasteiger partial charge is 0.305 e. The van der Waals surface area contributed by atoms with Crippen molar-refractivity contribution < 1.29 is 19.3 Å². The van der Waals surface area contributed by atoms with E-state index in [-0.39, 0.29) is 5.97 Å². The van der Waals surface area contributed by atoms with Crippen molar-refractivity contribution in [3.8, 4) is 5.75 Å². The second-order valence-corrected chi connectivity index (χ2v) is 8.49. The van der Waals surface area contributed by atoms with Crippen LogP contribution in [0.15, 0.2) is 30.3 Å². The molecular formula is C27H46O4. The summed E-state index contributed by atoms with van der Waals surface area (Å²) in [7, 11) is 0. The van der Waals surface area contributed by atoms with E-state index in [1.807, 2.05) is 30.3 Å². The zero-order valence-corrected chi connectivity index (χ0v) is 20.0. The zero-order chi connectivity index (χ0) is 22.2. The first-order valence-electron chi connectivity index (χ1n) is 12.8. The fourth-order valence-electron chi connectivity index (χ4n) is 3.60. The minimum Gasteiger partial charge on any atom is -0.466 e. The molecule has 0 aliphatic carbocycles. The molecule has 0 atom stereocenters. The van der Waals surface area contributed by atoms with Crippen molar-refractivity contribution in [1.29, 1.82) is 0 Å². The lowest BCUT2D eigenvalue weighted by atomic mass is 10.0. The lowest BCUT2D eigenvalue weighted by molar-refractivity contribution is -0.209. The molecule has 1 aromatic rings. The fraction of sp³-hybridized carbons (Fsp3) is 0.741. The zero-order valence-electron chi connectivity index (χ0n) is 20.0. The van der Waals surface area contributed by atoms with E-state index in [1.165, 1.54) is 83.5 Å². The highest BCUT2D eigenvalue weighted by atomic mass is 17.2. The Morgan fingerprint density at radius 1 is 0.645 bits per heavy atom. The van der Waals surface area contributed by atoms with E-state index < -0.39 is 0 Å². The van der Waals surface area contributed by atoms with Crippen molar-refractivity contribution in [3.05, 3.63) is 30.3 Å². The predicted molar refractivity (Wildman–Crippen MR) is 128 cm³/mol. The summed E-state index contributed by atoms with van der Waals surface area (Å²) < 4.78 is 5.24. The summed E-state index contributed by atoms with van der Waals surface area (Å²) in [6.45, 7) is 3.06. The topological polar surface area (TPSA) is 44.8 Å². The van der Waals surface area contributed by atoms with Gasteiger partial charge in [-0.2, -0.15) is 4.89 Å². The first kappa shape index (κ1) is 27.5. The molecule has 0 unspecified atom stereocenters. The largest absolute Gasteiger partial charge is 0.466 e. The number of esters is 1. The van der Waals surface area contributed by atoms with E-state index >= 15 is 0 Å². The normalized spacial score (nSPS) is 10.9. The molecule has 0 amide bonds. The number of hydrogen-bond acceptors (Lipinski definition) is 4. The minimum atomic E-state index is -0.0985. The van der Waals surface area contributed by atoms with Crippen molar-refractivity contribution in [2.75, 3.05) is 13.2 Å². The van der Waals surface area contributed by atoms with Gasteiger partial charge in [0.05, 0.1) is 13.2 Å². The Balaban J connectivity index is 1.74. The van der Waals surface area contributed by atoms with Crippen molar-refractivity contribution in [3.63, 3.8) is 0 Å². The molecular weight excluding hydrogens is 388 g/mol. The molecule has 0 aromatic heterocycles. The highest BCUT2D eigenvalue weighted by Gasteiger charge is 2.03. The first-order valence-corrected chi connectivity index (χ1v) is 12.8. The van der Waals surface area contributed by atoms with Gasteiger partial charge in [0.15, 0.2) is 5.75 Å². The molecule has 178 valence electrons. The van der Waals surface area contributed by atoms with Crippen LogP contribution >= 0.6 is 0 Å². The van der Waals surface area contributed by atoms with Gasteiger partial charge in [0.2, 0.25) is 0 Å². The third-order valence-corrected chi connectivity index (χ3v) is 5.52. The molecule has 0 bridgehead atoms. The third kappa shape index (κ3) is 18.9. The Hall–Kier alpha value is -1.55. The molecule has 1 rings (SSSR count). The van der Waals surface area contributed by atoms with Gasteiger partial charge in [-0.25, -0.2) is 0 Å². The number of rotatable bonds is 22. The second kappa shape index (κ2) is 21.7. The van der Waals surface area contributed by atoms with Crippen LogP contribution in [-0.4, -0.2) is 19.2 Å². The lowest BCUT2D eigenvalue weighted by Gasteiger charge is -2.06. The van der Waals surface area contributed by atoms with Gasteiger partial charge in [0, 0.05) is 12.8 Å². The Morgan fingerprint density at radius 3 is 1.71 bits per heavy atom. The summed E-state index contributed by atoms with van der Waals surface area (Å²) in [5, 5.41) is 0. The molecule has 1 aromatic carbocycles. The van der Waals surface area contributed by atoms with Crippen LogP contribution in [-0.2, 0) is 14.4 Å². The van der Waals surface area contributed by atoms with E-state index in [0.717, 1.165) is 12.8 Å². The van der Waals surface area contributed by atoms with Crippen molar-refractivity contribution >= 4 is 5.97 Å². The molecule has 0 saturated heterocycles. The lowest BCUT2D eigenvalue weighted by Crippen LogP contribution is -2.08. The molecule has 0 saturated carbocycles. The summed E-state index contributed by atoms with van der Waals surface area (Å²) in [6, 6.07) is 9.36. The maximum atomic E-state index is 11.7. The standard InChI is InChI=1S/C27H46O4/c1-2-3-4-5-6-7-8-9-10-11-12-13-14-15-19-23-27(28)29-24-20-25-30-31-26-21-17-16-18-22-26/h16-18,21-22H,2-15,19-20,23-25H2,1H3. The Bertz CT molecular complexity index is 503. The summed E-state index contributed by atoms with van der Waals surface area (Å²) in [4.78, 5) is 22.0. The third-order valence-electron chi connectivity index (χ3n) is 5.52. The van der Waals surface area contributed by atoms with Gasteiger partial charge in [0.1, 0.15) is 0 Å². The van der Waals surface area contributed by atoms with Gasteiger partial charge in [-0.15, -0.1) is 0 Å². The van der Waals surface area contributed by atoms with E-state index in [9.17, 15) is 4.79 Å². The average Bonchev–Trinajstić information content (AvgIpc) is 2.79. The summed E-state index contributed by atoms with van der Waals surface area (Å²) in [6.07, 6.45) is 21.1. The van der Waals surface area contributed by atoms with E-state index in [0.29, 0.717) is 31.8 Å². The van der Waals surface area contributed by atoms with E-state index in [4.69, 9.17) is 14.5 Å². The number of ether oxygens (including phenoxy) is 1. The van der Waals surface area contributed by atoms with Crippen LogP contribution in [0.3, 0.4) is 0 Å². The number of carbonyl (C=O) groups is 1. The molecule has 0 spiro atoms. The molecule has 0 radical (unpaired) electrons. The molecule has 31 heavy (non-hydrogen) atoms. The summed E-state index contributed by atoms with van der Waals surface area (Å²) in [5.41, 5.74) is 0. The van der Waals surface area contributed by atoms with Gasteiger partial charge < -0.3 is 9.62 Å². The van der Waals surface area contributed by atoms with E-state index in [1.54, 1.807) is 0 Å². The predicted octanol–water partition coefficient (Wildman–Crippen LogP) is 8.19. The van der Waals surface area contributed by atoms with Crippen molar-refractivity contribution in [2.24, 2.45) is 0 Å². The number of hydrogen-bond donors (Lipinski definition) is 0. The highest BCUT2D eigenvalue weighted by Crippen LogP contribution is 2.14. The maximum Gasteiger partial charge on any atom is 0.305 e. The van der Waals surface area contributed by atoms with Gasteiger partial charge in [-0.3, -0.25) is 4.79 Å². The van der Waals surface area contributed by atoms with Crippen LogP contribution in [0.5, 0.6) is 5.75 Å². The second-order valence-electron chi connectivity index (χ2n) is 8.49. The molecule has 0 fully saturated rings. The summed E-state index contributed by atoms with van der Waals surface area (Å²) >= 11 is 0. The maximum absolute atomic E-state index is 11.7. The van der Waals surface area contributed by atoms with Crippen molar-refractivity contribution in [1.82, 2.24) is 0 Å². The Labute approximate surface area is 191 Å². The SMILES string of the molecule is CCCCCCCCCCCCCCCCCC(=O)OCCCOOc1ccccc1. The molecule has 4 nitrogen and oxygen atoms in total. The monoisotopic (exact) mass is 434 g/mol. The van der Waals surface area contributed by atoms with Crippen LogP contribution in [0.2, 0.25) is 0 Å². The van der Waals surface area contributed by atoms with Crippen LogP contribution in [0.4, 0.5) is 0 Å². The van der Waals surface area contributed by atoms with Gasteiger partial charge >= 0.3 is 5.97 Å². The average molecular weight is 435 g/mol. The van der Waals surface area contributed by atoms with Gasteiger partial charge in [0.25, 0.3) is 0 Å². The number of unbranched alkanes of at least 4 members (excludes halogenated alkanes) is 14. The van der Waals surface area contributed by atoms with Gasteiger partial charge in [-0.05, 0) is 18.6 Å².